The molecule has 14 heavy (non-hydrogen) atoms. The van der Waals surface area contributed by atoms with Gasteiger partial charge in [0.1, 0.15) is 6.04 Å². The lowest BCUT2D eigenvalue weighted by molar-refractivity contribution is -0.173. The summed E-state index contributed by atoms with van der Waals surface area (Å²) in [4.78, 5) is 10.5. The van der Waals surface area contributed by atoms with Crippen molar-refractivity contribution in [2.45, 2.75) is 38.4 Å². The molecule has 84 valence electrons. The highest BCUT2D eigenvalue weighted by Gasteiger charge is 2.44. The fraction of sp³-hybridized carbons (Fsp3) is 0.875. The third kappa shape index (κ3) is 3.95. The molecule has 0 saturated heterocycles. The molecule has 2 atom stereocenters. The van der Waals surface area contributed by atoms with Crippen LogP contribution in [0.25, 0.3) is 0 Å². The standard InChI is InChI=1S/C8H14F3NO2/c1-2-3-4-5(7(13)14)6(12)8(9,10)11/h5-6H,2-4,12H2,1H3,(H,13,14)/t5-,6-/m0/s1. The molecule has 0 aliphatic carbocycles. The van der Waals surface area contributed by atoms with Crippen LogP contribution in [0.15, 0.2) is 0 Å². The molecule has 3 N–H and O–H groups in total. The fourth-order valence-electron chi connectivity index (χ4n) is 1.11. The summed E-state index contributed by atoms with van der Waals surface area (Å²) in [6.45, 7) is 1.78. The van der Waals surface area contributed by atoms with Crippen LogP contribution < -0.4 is 5.73 Å². The van der Waals surface area contributed by atoms with Crippen molar-refractivity contribution < 1.29 is 23.1 Å². The van der Waals surface area contributed by atoms with Crippen molar-refractivity contribution >= 4 is 5.97 Å². The monoisotopic (exact) mass is 213 g/mol. The second kappa shape index (κ2) is 5.19. The topological polar surface area (TPSA) is 63.3 Å². The van der Waals surface area contributed by atoms with E-state index < -0.39 is 24.1 Å². The molecule has 0 rings (SSSR count). The molecule has 0 aromatic carbocycles. The van der Waals surface area contributed by atoms with Crippen molar-refractivity contribution in [3.8, 4) is 0 Å². The van der Waals surface area contributed by atoms with E-state index in [0.29, 0.717) is 12.8 Å². The molecule has 0 aromatic rings. The Morgan fingerprint density at radius 2 is 2.00 bits per heavy atom. The minimum atomic E-state index is -4.64. The Morgan fingerprint density at radius 3 is 2.29 bits per heavy atom. The quantitative estimate of drug-likeness (QED) is 0.731. The number of rotatable bonds is 5. The van der Waals surface area contributed by atoms with Crippen LogP contribution in [0.4, 0.5) is 13.2 Å². The lowest BCUT2D eigenvalue weighted by Crippen LogP contribution is -2.46. The van der Waals surface area contributed by atoms with Gasteiger partial charge in [-0.1, -0.05) is 19.8 Å². The first-order valence-corrected chi connectivity index (χ1v) is 4.35. The zero-order valence-corrected chi connectivity index (χ0v) is 7.84. The Hall–Kier alpha value is -0.780. The van der Waals surface area contributed by atoms with Gasteiger partial charge in [-0.05, 0) is 6.42 Å². The summed E-state index contributed by atoms with van der Waals surface area (Å²) < 4.78 is 36.3. The first kappa shape index (κ1) is 13.2. The van der Waals surface area contributed by atoms with Gasteiger partial charge in [-0.15, -0.1) is 0 Å². The first-order chi connectivity index (χ1) is 6.30. The van der Waals surface area contributed by atoms with Crippen molar-refractivity contribution in [3.05, 3.63) is 0 Å². The van der Waals surface area contributed by atoms with E-state index in [9.17, 15) is 18.0 Å². The molecule has 0 radical (unpaired) electrons. The summed E-state index contributed by atoms with van der Waals surface area (Å²) >= 11 is 0. The lowest BCUT2D eigenvalue weighted by Gasteiger charge is -2.22. The zero-order valence-electron chi connectivity index (χ0n) is 7.84. The predicted molar refractivity (Wildman–Crippen MR) is 44.7 cm³/mol. The number of carboxylic acids is 1. The smallest absolute Gasteiger partial charge is 0.404 e. The lowest BCUT2D eigenvalue weighted by atomic mass is 9.94. The Balaban J connectivity index is 4.41. The summed E-state index contributed by atoms with van der Waals surface area (Å²) in [5.74, 6) is -3.02. The first-order valence-electron chi connectivity index (χ1n) is 4.35. The summed E-state index contributed by atoms with van der Waals surface area (Å²) in [5, 5.41) is 8.55. The van der Waals surface area contributed by atoms with Gasteiger partial charge in [0, 0.05) is 0 Å². The number of hydrogen-bond acceptors (Lipinski definition) is 2. The average molecular weight is 213 g/mol. The van der Waals surface area contributed by atoms with Crippen LogP contribution in [-0.4, -0.2) is 23.3 Å². The van der Waals surface area contributed by atoms with Crippen molar-refractivity contribution in [1.29, 1.82) is 0 Å². The SMILES string of the molecule is CCCC[C@H](C(=O)O)[C@H](N)C(F)(F)F. The number of carboxylic acid groups (broad SMARTS) is 1. The summed E-state index contributed by atoms with van der Waals surface area (Å²) in [5.41, 5.74) is 4.83. The van der Waals surface area contributed by atoms with E-state index in [1.165, 1.54) is 0 Å². The average Bonchev–Trinajstić information content (AvgIpc) is 2.02. The second-order valence-corrected chi connectivity index (χ2v) is 3.15. The minimum Gasteiger partial charge on any atom is -0.481 e. The molecule has 0 amide bonds. The third-order valence-electron chi connectivity index (χ3n) is 2.00. The Labute approximate surface area is 80.1 Å². The zero-order chi connectivity index (χ0) is 11.4. The number of alkyl halides is 3. The maximum Gasteiger partial charge on any atom is 0.404 e. The van der Waals surface area contributed by atoms with Gasteiger partial charge in [0.2, 0.25) is 0 Å². The van der Waals surface area contributed by atoms with Gasteiger partial charge in [0.25, 0.3) is 0 Å². The van der Waals surface area contributed by atoms with E-state index in [1.807, 2.05) is 0 Å². The molecule has 6 heteroatoms. The van der Waals surface area contributed by atoms with Crippen LogP contribution in [0.1, 0.15) is 26.2 Å². The van der Waals surface area contributed by atoms with E-state index in [1.54, 1.807) is 6.92 Å². The van der Waals surface area contributed by atoms with E-state index >= 15 is 0 Å². The molecule has 0 aliphatic rings. The molecule has 0 aromatic heterocycles. The number of halogens is 3. The van der Waals surface area contributed by atoms with Crippen molar-refractivity contribution in [2.24, 2.45) is 11.7 Å². The fourth-order valence-corrected chi connectivity index (χ4v) is 1.11. The number of nitrogens with two attached hydrogens (primary N) is 1. The van der Waals surface area contributed by atoms with E-state index in [4.69, 9.17) is 10.8 Å². The molecule has 0 aliphatic heterocycles. The number of hydrogen-bond donors (Lipinski definition) is 2. The molecule has 0 spiro atoms. The number of aliphatic carboxylic acids is 1. The van der Waals surface area contributed by atoms with Crippen molar-refractivity contribution in [2.75, 3.05) is 0 Å². The molecular formula is C8H14F3NO2. The maximum absolute atomic E-state index is 12.1. The third-order valence-corrected chi connectivity index (χ3v) is 2.00. The normalized spacial score (nSPS) is 16.4. The van der Waals surface area contributed by atoms with Gasteiger partial charge in [0.05, 0.1) is 5.92 Å². The summed E-state index contributed by atoms with van der Waals surface area (Å²) in [6.07, 6.45) is -3.60. The van der Waals surface area contributed by atoms with E-state index in [-0.39, 0.29) is 6.42 Å². The largest absolute Gasteiger partial charge is 0.481 e. The minimum absolute atomic E-state index is 0.0352. The van der Waals surface area contributed by atoms with Crippen molar-refractivity contribution in [1.82, 2.24) is 0 Å². The number of carbonyl (C=O) groups is 1. The van der Waals surface area contributed by atoms with Crippen LogP contribution in [0.2, 0.25) is 0 Å². The van der Waals surface area contributed by atoms with Gasteiger partial charge in [-0.25, -0.2) is 0 Å². The van der Waals surface area contributed by atoms with Gasteiger partial charge in [-0.3, -0.25) is 4.79 Å². The highest BCUT2D eigenvalue weighted by molar-refractivity contribution is 5.71. The molecule has 0 heterocycles. The van der Waals surface area contributed by atoms with E-state index in [0.717, 1.165) is 0 Å². The van der Waals surface area contributed by atoms with Crippen LogP contribution in [0.5, 0.6) is 0 Å². The van der Waals surface area contributed by atoms with Crippen LogP contribution >= 0.6 is 0 Å². The van der Waals surface area contributed by atoms with Crippen LogP contribution in [0, 0.1) is 5.92 Å². The Kier molecular flexibility index (Phi) is 4.90. The van der Waals surface area contributed by atoms with Gasteiger partial charge < -0.3 is 10.8 Å². The molecule has 3 nitrogen and oxygen atoms in total. The maximum atomic E-state index is 12.1. The second-order valence-electron chi connectivity index (χ2n) is 3.15. The van der Waals surface area contributed by atoms with Crippen molar-refractivity contribution in [3.63, 3.8) is 0 Å². The van der Waals surface area contributed by atoms with E-state index in [2.05, 4.69) is 0 Å². The molecule has 0 fully saturated rings. The highest BCUT2D eigenvalue weighted by Crippen LogP contribution is 2.26. The van der Waals surface area contributed by atoms with Crippen LogP contribution in [0.3, 0.4) is 0 Å². The van der Waals surface area contributed by atoms with Gasteiger partial charge >= 0.3 is 12.1 Å². The summed E-state index contributed by atoms with van der Waals surface area (Å²) in [6, 6.07) is -2.27. The molecule has 0 unspecified atom stereocenters. The molecule has 0 saturated carbocycles. The Morgan fingerprint density at radius 1 is 1.50 bits per heavy atom. The summed E-state index contributed by atoms with van der Waals surface area (Å²) in [7, 11) is 0. The highest BCUT2D eigenvalue weighted by atomic mass is 19.4. The molecule has 0 bridgehead atoms. The van der Waals surface area contributed by atoms with Gasteiger partial charge in [0.15, 0.2) is 0 Å². The van der Waals surface area contributed by atoms with Crippen LogP contribution in [-0.2, 0) is 4.79 Å². The molecular weight excluding hydrogens is 199 g/mol. The van der Waals surface area contributed by atoms with Gasteiger partial charge in [-0.2, -0.15) is 13.2 Å². The Bertz CT molecular complexity index is 194. The number of unbranched alkanes of at least 4 members (excludes halogenated alkanes) is 1. The predicted octanol–water partition coefficient (Wildman–Crippen LogP) is 1.77.